The molecule has 0 unspecified atom stereocenters. The molecule has 1 N–H and O–H groups in total. The first-order valence-electron chi connectivity index (χ1n) is 6.53. The number of hydrogen-bond acceptors (Lipinski definition) is 2. The summed E-state index contributed by atoms with van der Waals surface area (Å²) in [6.07, 6.45) is 0.271. The molecule has 0 atom stereocenters. The lowest BCUT2D eigenvalue weighted by Gasteiger charge is -2.10. The highest BCUT2D eigenvalue weighted by atomic mass is 79.9. The highest BCUT2D eigenvalue weighted by Gasteiger charge is 2.10. The van der Waals surface area contributed by atoms with E-state index in [1.807, 2.05) is 0 Å². The number of anilines is 1. The fourth-order valence-corrected chi connectivity index (χ4v) is 3.03. The van der Waals surface area contributed by atoms with Crippen LogP contribution in [0.5, 0.6) is 0 Å². The van der Waals surface area contributed by atoms with Crippen molar-refractivity contribution in [2.45, 2.75) is 13.3 Å². The third kappa shape index (κ3) is 4.27. The van der Waals surface area contributed by atoms with Crippen molar-refractivity contribution in [3.63, 3.8) is 0 Å². The highest BCUT2D eigenvalue weighted by molar-refractivity contribution is 9.10. The molecule has 118 valence electrons. The molecule has 0 heterocycles. The van der Waals surface area contributed by atoms with E-state index in [1.54, 1.807) is 25.1 Å². The van der Waals surface area contributed by atoms with Crippen molar-refractivity contribution in [3.05, 3.63) is 63.6 Å². The monoisotopic (exact) mass is 389 g/mol. The fraction of sp³-hybridized carbons (Fsp3) is 0.200. The van der Waals surface area contributed by atoms with Gasteiger partial charge in [-0.2, -0.15) is 0 Å². The second-order valence-corrected chi connectivity index (χ2v) is 7.59. The Bertz CT molecular complexity index is 794. The van der Waals surface area contributed by atoms with Gasteiger partial charge in [-0.25, -0.2) is 17.2 Å². The van der Waals surface area contributed by atoms with Crippen LogP contribution in [0.4, 0.5) is 14.5 Å². The smallest absolute Gasteiger partial charge is 0.232 e. The Labute approximate surface area is 136 Å². The molecule has 0 spiro atoms. The van der Waals surface area contributed by atoms with Gasteiger partial charge in [0.25, 0.3) is 0 Å². The molecule has 0 saturated heterocycles. The van der Waals surface area contributed by atoms with E-state index in [0.29, 0.717) is 15.7 Å². The molecule has 2 rings (SSSR count). The van der Waals surface area contributed by atoms with E-state index in [2.05, 4.69) is 20.7 Å². The van der Waals surface area contributed by atoms with Gasteiger partial charge in [-0.3, -0.25) is 4.72 Å². The quantitative estimate of drug-likeness (QED) is 0.837. The molecule has 2 aromatic rings. The molecule has 0 saturated carbocycles. The number of rotatable bonds is 5. The third-order valence-corrected chi connectivity index (χ3v) is 5.15. The lowest BCUT2D eigenvalue weighted by Crippen LogP contribution is -2.14. The molecule has 0 bridgehead atoms. The molecule has 0 aliphatic carbocycles. The Morgan fingerprint density at radius 3 is 2.36 bits per heavy atom. The number of nitrogens with one attached hydrogen (secondary N) is 1. The lowest BCUT2D eigenvalue weighted by molar-refractivity contribution is 0.574. The van der Waals surface area contributed by atoms with E-state index < -0.39 is 21.7 Å². The van der Waals surface area contributed by atoms with Gasteiger partial charge in [0.1, 0.15) is 11.6 Å². The molecule has 22 heavy (non-hydrogen) atoms. The Morgan fingerprint density at radius 1 is 1.09 bits per heavy atom. The van der Waals surface area contributed by atoms with Crippen LogP contribution in [0.1, 0.15) is 18.1 Å². The SMILES string of the molecule is CCS(=O)(=O)Nc1ccc(Cc2ccc(F)cc2F)c(Br)c1. The van der Waals surface area contributed by atoms with Crippen molar-refractivity contribution in [3.8, 4) is 0 Å². The standard InChI is InChI=1S/C15H14BrF2NO2S/c1-2-22(20,21)19-13-6-4-10(14(16)9-13)7-11-3-5-12(17)8-15(11)18/h3-6,8-9,19H,2,7H2,1H3. The first-order valence-corrected chi connectivity index (χ1v) is 8.98. The van der Waals surface area contributed by atoms with Crippen LogP contribution in [0.25, 0.3) is 0 Å². The fourth-order valence-electron chi connectivity index (χ4n) is 1.88. The van der Waals surface area contributed by atoms with Crippen LogP contribution in [0.15, 0.2) is 40.9 Å². The molecule has 0 radical (unpaired) electrons. The first-order chi connectivity index (χ1) is 10.3. The average molecular weight is 390 g/mol. The number of benzene rings is 2. The maximum Gasteiger partial charge on any atom is 0.232 e. The van der Waals surface area contributed by atoms with Crippen LogP contribution in [-0.4, -0.2) is 14.2 Å². The van der Waals surface area contributed by atoms with Crippen molar-refractivity contribution in [1.82, 2.24) is 0 Å². The molecular formula is C15H14BrF2NO2S. The van der Waals surface area contributed by atoms with Crippen molar-refractivity contribution < 1.29 is 17.2 Å². The number of sulfonamides is 1. The zero-order valence-electron chi connectivity index (χ0n) is 11.7. The van der Waals surface area contributed by atoms with E-state index in [0.717, 1.165) is 11.6 Å². The van der Waals surface area contributed by atoms with Crippen LogP contribution in [0.3, 0.4) is 0 Å². The van der Waals surface area contributed by atoms with Crippen LogP contribution >= 0.6 is 15.9 Å². The molecule has 2 aromatic carbocycles. The average Bonchev–Trinajstić information content (AvgIpc) is 2.44. The van der Waals surface area contributed by atoms with Gasteiger partial charge in [0, 0.05) is 22.6 Å². The van der Waals surface area contributed by atoms with Gasteiger partial charge in [0.15, 0.2) is 0 Å². The topological polar surface area (TPSA) is 46.2 Å². The van der Waals surface area contributed by atoms with E-state index >= 15 is 0 Å². The van der Waals surface area contributed by atoms with Crippen molar-refractivity contribution in [2.24, 2.45) is 0 Å². The van der Waals surface area contributed by atoms with Gasteiger partial charge in [0.05, 0.1) is 5.75 Å². The van der Waals surface area contributed by atoms with E-state index in [9.17, 15) is 17.2 Å². The van der Waals surface area contributed by atoms with E-state index in [4.69, 9.17) is 0 Å². The first kappa shape index (κ1) is 16.9. The van der Waals surface area contributed by atoms with Gasteiger partial charge in [-0.05, 0) is 36.2 Å². The molecule has 0 aliphatic rings. The summed E-state index contributed by atoms with van der Waals surface area (Å²) in [7, 11) is -3.35. The number of hydrogen-bond donors (Lipinski definition) is 1. The van der Waals surface area contributed by atoms with Gasteiger partial charge in [0.2, 0.25) is 10.0 Å². The summed E-state index contributed by atoms with van der Waals surface area (Å²) >= 11 is 3.34. The molecule has 0 aromatic heterocycles. The molecule has 3 nitrogen and oxygen atoms in total. The summed E-state index contributed by atoms with van der Waals surface area (Å²) in [5.41, 5.74) is 1.56. The predicted molar refractivity (Wildman–Crippen MR) is 86.4 cm³/mol. The normalized spacial score (nSPS) is 11.5. The minimum Gasteiger partial charge on any atom is -0.284 e. The van der Waals surface area contributed by atoms with Crippen LogP contribution < -0.4 is 4.72 Å². The van der Waals surface area contributed by atoms with Crippen LogP contribution in [0.2, 0.25) is 0 Å². The minimum absolute atomic E-state index is 0.0207. The van der Waals surface area contributed by atoms with Crippen molar-refractivity contribution >= 4 is 31.6 Å². The Morgan fingerprint density at radius 2 is 1.77 bits per heavy atom. The minimum atomic E-state index is -3.35. The third-order valence-electron chi connectivity index (χ3n) is 3.10. The Kier molecular flexibility index (Phi) is 5.18. The largest absolute Gasteiger partial charge is 0.284 e. The van der Waals surface area contributed by atoms with Gasteiger partial charge in [-0.1, -0.05) is 28.1 Å². The second-order valence-electron chi connectivity index (χ2n) is 4.72. The van der Waals surface area contributed by atoms with E-state index in [1.165, 1.54) is 12.1 Å². The molecule has 0 amide bonds. The zero-order valence-corrected chi connectivity index (χ0v) is 14.1. The van der Waals surface area contributed by atoms with Crippen LogP contribution in [0, 0.1) is 11.6 Å². The maximum absolute atomic E-state index is 13.7. The molecule has 7 heteroatoms. The summed E-state index contributed by atoms with van der Waals surface area (Å²) in [6.45, 7) is 1.54. The summed E-state index contributed by atoms with van der Waals surface area (Å²) in [5, 5.41) is 0. The molecular weight excluding hydrogens is 376 g/mol. The summed E-state index contributed by atoms with van der Waals surface area (Å²) in [4.78, 5) is 0. The summed E-state index contributed by atoms with van der Waals surface area (Å²) in [5.74, 6) is -1.25. The Balaban J connectivity index is 2.23. The molecule has 0 aliphatic heterocycles. The maximum atomic E-state index is 13.7. The highest BCUT2D eigenvalue weighted by Crippen LogP contribution is 2.25. The van der Waals surface area contributed by atoms with Crippen molar-refractivity contribution in [1.29, 1.82) is 0 Å². The van der Waals surface area contributed by atoms with Gasteiger partial charge in [-0.15, -0.1) is 0 Å². The van der Waals surface area contributed by atoms with Crippen molar-refractivity contribution in [2.75, 3.05) is 10.5 Å². The van der Waals surface area contributed by atoms with Gasteiger partial charge >= 0.3 is 0 Å². The summed E-state index contributed by atoms with van der Waals surface area (Å²) in [6, 6.07) is 8.35. The van der Waals surface area contributed by atoms with Gasteiger partial charge < -0.3 is 0 Å². The second kappa shape index (κ2) is 6.75. The van der Waals surface area contributed by atoms with E-state index in [-0.39, 0.29) is 12.2 Å². The number of halogens is 3. The zero-order chi connectivity index (χ0) is 16.3. The predicted octanol–water partition coefficient (Wildman–Crippen LogP) is 4.08. The molecule has 0 fully saturated rings. The Hall–Kier alpha value is -1.47. The lowest BCUT2D eigenvalue weighted by atomic mass is 10.0. The summed E-state index contributed by atoms with van der Waals surface area (Å²) < 4.78 is 52.7. The van der Waals surface area contributed by atoms with Crippen LogP contribution in [-0.2, 0) is 16.4 Å².